The zero-order valence-corrected chi connectivity index (χ0v) is 13.7. The SMILES string of the molecule is CC(Sc1nnc(CC(C)c2ccccc2)o1)C(=O)NC(N)=O. The van der Waals surface area contributed by atoms with E-state index in [4.69, 9.17) is 10.2 Å². The average molecular weight is 334 g/mol. The van der Waals surface area contributed by atoms with E-state index in [1.54, 1.807) is 6.92 Å². The van der Waals surface area contributed by atoms with Gasteiger partial charge in [0.2, 0.25) is 11.8 Å². The van der Waals surface area contributed by atoms with Crippen LogP contribution in [-0.2, 0) is 11.2 Å². The largest absolute Gasteiger partial charge is 0.416 e. The Labute approximate surface area is 138 Å². The summed E-state index contributed by atoms with van der Waals surface area (Å²) in [5.41, 5.74) is 6.10. The van der Waals surface area contributed by atoms with Gasteiger partial charge < -0.3 is 10.2 Å². The summed E-state index contributed by atoms with van der Waals surface area (Å²) in [5.74, 6) is 0.247. The summed E-state index contributed by atoms with van der Waals surface area (Å²) in [5, 5.41) is 9.64. The molecule has 7 nitrogen and oxygen atoms in total. The molecule has 0 saturated heterocycles. The molecular weight excluding hydrogens is 316 g/mol. The van der Waals surface area contributed by atoms with Crippen molar-refractivity contribution in [1.29, 1.82) is 0 Å². The quantitative estimate of drug-likeness (QED) is 0.783. The van der Waals surface area contributed by atoms with Crippen molar-refractivity contribution >= 4 is 23.7 Å². The van der Waals surface area contributed by atoms with Gasteiger partial charge in [0.05, 0.1) is 5.25 Å². The van der Waals surface area contributed by atoms with E-state index in [0.29, 0.717) is 12.3 Å². The molecule has 0 aliphatic heterocycles. The van der Waals surface area contributed by atoms with Crippen LogP contribution in [0, 0.1) is 0 Å². The minimum Gasteiger partial charge on any atom is -0.416 e. The van der Waals surface area contributed by atoms with Gasteiger partial charge in [-0.1, -0.05) is 49.0 Å². The van der Waals surface area contributed by atoms with Crippen molar-refractivity contribution in [2.75, 3.05) is 0 Å². The third-order valence-corrected chi connectivity index (χ3v) is 4.13. The summed E-state index contributed by atoms with van der Waals surface area (Å²) in [4.78, 5) is 22.3. The lowest BCUT2D eigenvalue weighted by Gasteiger charge is -2.08. The number of benzene rings is 1. The van der Waals surface area contributed by atoms with Crippen molar-refractivity contribution in [1.82, 2.24) is 15.5 Å². The Morgan fingerprint density at radius 1 is 1.26 bits per heavy atom. The maximum absolute atomic E-state index is 11.6. The maximum atomic E-state index is 11.6. The summed E-state index contributed by atoms with van der Waals surface area (Å²) in [6.07, 6.45) is 0.611. The smallest absolute Gasteiger partial charge is 0.318 e. The van der Waals surface area contributed by atoms with E-state index in [2.05, 4.69) is 17.1 Å². The zero-order valence-electron chi connectivity index (χ0n) is 12.9. The zero-order chi connectivity index (χ0) is 16.8. The van der Waals surface area contributed by atoms with E-state index in [0.717, 1.165) is 11.8 Å². The molecule has 1 heterocycles. The van der Waals surface area contributed by atoms with Gasteiger partial charge in [0, 0.05) is 6.42 Å². The lowest BCUT2D eigenvalue weighted by Crippen LogP contribution is -2.39. The highest BCUT2D eigenvalue weighted by atomic mass is 32.2. The number of amides is 3. The number of imide groups is 1. The van der Waals surface area contributed by atoms with Gasteiger partial charge in [-0.2, -0.15) is 0 Å². The third kappa shape index (κ3) is 5.10. The molecule has 0 radical (unpaired) electrons. The summed E-state index contributed by atoms with van der Waals surface area (Å²) >= 11 is 1.08. The number of hydrogen-bond donors (Lipinski definition) is 2. The fourth-order valence-corrected chi connectivity index (χ4v) is 2.66. The minimum absolute atomic E-state index is 0.241. The van der Waals surface area contributed by atoms with Crippen molar-refractivity contribution in [3.05, 3.63) is 41.8 Å². The molecule has 1 aromatic heterocycles. The molecule has 8 heteroatoms. The van der Waals surface area contributed by atoms with Gasteiger partial charge >= 0.3 is 6.03 Å². The predicted molar refractivity (Wildman–Crippen MR) is 85.9 cm³/mol. The molecule has 0 fully saturated rings. The van der Waals surface area contributed by atoms with Crippen LogP contribution in [0.4, 0.5) is 4.79 Å². The van der Waals surface area contributed by atoms with Crippen LogP contribution < -0.4 is 11.1 Å². The van der Waals surface area contributed by atoms with Gasteiger partial charge in [-0.05, 0) is 18.4 Å². The summed E-state index contributed by atoms with van der Waals surface area (Å²) in [6, 6.07) is 9.15. The van der Waals surface area contributed by atoms with Crippen LogP contribution in [0.25, 0.3) is 0 Å². The van der Waals surface area contributed by atoms with Gasteiger partial charge in [-0.3, -0.25) is 10.1 Å². The van der Waals surface area contributed by atoms with Crippen LogP contribution in [-0.4, -0.2) is 27.4 Å². The number of carbonyl (C=O) groups is 2. The van der Waals surface area contributed by atoms with Crippen LogP contribution in [0.5, 0.6) is 0 Å². The molecule has 0 aliphatic carbocycles. The molecule has 2 rings (SSSR count). The van der Waals surface area contributed by atoms with Crippen LogP contribution in [0.2, 0.25) is 0 Å². The Morgan fingerprint density at radius 3 is 2.61 bits per heavy atom. The number of thioether (sulfide) groups is 1. The van der Waals surface area contributed by atoms with E-state index < -0.39 is 17.2 Å². The minimum atomic E-state index is -0.884. The van der Waals surface area contributed by atoms with E-state index in [-0.39, 0.29) is 11.1 Å². The normalized spacial score (nSPS) is 13.3. The lowest BCUT2D eigenvalue weighted by atomic mass is 9.98. The number of urea groups is 1. The molecule has 2 atom stereocenters. The van der Waals surface area contributed by atoms with Crippen molar-refractivity contribution in [3.63, 3.8) is 0 Å². The van der Waals surface area contributed by atoms with Crippen molar-refractivity contribution in [3.8, 4) is 0 Å². The highest BCUT2D eigenvalue weighted by molar-refractivity contribution is 8.00. The molecule has 3 amide bonds. The summed E-state index contributed by atoms with van der Waals surface area (Å²) in [7, 11) is 0. The highest BCUT2D eigenvalue weighted by Gasteiger charge is 2.20. The first kappa shape index (κ1) is 17.0. The first-order chi connectivity index (χ1) is 11.0. The fourth-order valence-electron chi connectivity index (χ4n) is 1.96. The number of carbonyl (C=O) groups excluding carboxylic acids is 2. The average Bonchev–Trinajstić information content (AvgIpc) is 2.94. The number of aromatic nitrogens is 2. The van der Waals surface area contributed by atoms with Crippen LogP contribution in [0.3, 0.4) is 0 Å². The van der Waals surface area contributed by atoms with Gasteiger partial charge in [0.15, 0.2) is 0 Å². The molecule has 0 bridgehead atoms. The molecule has 0 saturated carbocycles. The Balaban J connectivity index is 1.93. The molecule has 23 heavy (non-hydrogen) atoms. The standard InChI is InChI=1S/C15H18N4O3S/c1-9(11-6-4-3-5-7-11)8-12-18-19-15(22-12)23-10(2)13(20)17-14(16)21/h3-7,9-10H,8H2,1-2H3,(H3,16,17,20,21). The second-order valence-electron chi connectivity index (χ2n) is 5.09. The molecule has 2 unspecified atom stereocenters. The highest BCUT2D eigenvalue weighted by Crippen LogP contribution is 2.24. The number of rotatable bonds is 6. The van der Waals surface area contributed by atoms with Crippen molar-refractivity contribution < 1.29 is 14.0 Å². The van der Waals surface area contributed by atoms with Crippen molar-refractivity contribution in [2.24, 2.45) is 5.73 Å². The molecular formula is C15H18N4O3S. The third-order valence-electron chi connectivity index (χ3n) is 3.19. The molecule has 3 N–H and O–H groups in total. The topological polar surface area (TPSA) is 111 Å². The van der Waals surface area contributed by atoms with Gasteiger partial charge in [-0.15, -0.1) is 10.2 Å². The Morgan fingerprint density at radius 2 is 1.96 bits per heavy atom. The molecule has 122 valence electrons. The van der Waals surface area contributed by atoms with Crippen molar-refractivity contribution in [2.45, 2.75) is 36.7 Å². The first-order valence-corrected chi connectivity index (χ1v) is 7.98. The molecule has 0 aliphatic rings. The molecule has 1 aromatic carbocycles. The van der Waals surface area contributed by atoms with E-state index >= 15 is 0 Å². The van der Waals surface area contributed by atoms with E-state index in [1.165, 1.54) is 5.56 Å². The van der Waals surface area contributed by atoms with Crippen LogP contribution in [0.15, 0.2) is 40.0 Å². The monoisotopic (exact) mass is 334 g/mol. The van der Waals surface area contributed by atoms with E-state index in [1.807, 2.05) is 35.6 Å². The summed E-state index contributed by atoms with van der Waals surface area (Å²) < 4.78 is 5.55. The second-order valence-corrected chi connectivity index (χ2v) is 6.38. The fraction of sp³-hybridized carbons (Fsp3) is 0.333. The number of nitrogens with zero attached hydrogens (tertiary/aromatic N) is 2. The summed E-state index contributed by atoms with van der Waals surface area (Å²) in [6.45, 7) is 3.70. The second kappa shape index (κ2) is 7.77. The number of hydrogen-bond acceptors (Lipinski definition) is 6. The van der Waals surface area contributed by atoms with Crippen LogP contribution in [0.1, 0.15) is 31.2 Å². The Bertz CT molecular complexity index is 674. The lowest BCUT2D eigenvalue weighted by molar-refractivity contribution is -0.119. The van der Waals surface area contributed by atoms with E-state index in [9.17, 15) is 9.59 Å². The molecule has 2 aromatic rings. The number of nitrogens with two attached hydrogens (primary N) is 1. The number of primary amides is 1. The first-order valence-electron chi connectivity index (χ1n) is 7.10. The predicted octanol–water partition coefficient (Wildman–Crippen LogP) is 2.09. The van der Waals surface area contributed by atoms with Gasteiger partial charge in [0.25, 0.3) is 5.22 Å². The molecule has 0 spiro atoms. The van der Waals surface area contributed by atoms with Crippen LogP contribution >= 0.6 is 11.8 Å². The maximum Gasteiger partial charge on any atom is 0.318 e. The van der Waals surface area contributed by atoms with Gasteiger partial charge in [0.1, 0.15) is 0 Å². The number of nitrogens with one attached hydrogen (secondary N) is 1. The Hall–Kier alpha value is -2.35. The Kier molecular flexibility index (Phi) is 5.75. The van der Waals surface area contributed by atoms with Gasteiger partial charge in [-0.25, -0.2) is 4.79 Å².